The number of ether oxygens (including phenoxy) is 3. The van der Waals surface area contributed by atoms with Crippen LogP contribution in [0, 0.1) is 0 Å². The molecule has 6 atom stereocenters. The van der Waals surface area contributed by atoms with Crippen LogP contribution in [0.4, 0.5) is 5.69 Å². The van der Waals surface area contributed by atoms with E-state index in [4.69, 9.17) is 25.8 Å². The van der Waals surface area contributed by atoms with Crippen LogP contribution < -0.4 is 5.32 Å². The molecule has 0 aliphatic carbocycles. The highest BCUT2D eigenvalue weighted by atomic mass is 35.5. The highest BCUT2D eigenvalue weighted by molar-refractivity contribution is 6.33. The molecule has 6 nitrogen and oxygen atoms in total. The third-order valence-corrected chi connectivity index (χ3v) is 4.47. The zero-order valence-corrected chi connectivity index (χ0v) is 13.6. The predicted octanol–water partition coefficient (Wildman–Crippen LogP) is 1.74. The Morgan fingerprint density at radius 1 is 1.22 bits per heavy atom. The quantitative estimate of drug-likeness (QED) is 0.772. The van der Waals surface area contributed by atoms with Gasteiger partial charge in [-0.3, -0.25) is 0 Å². The lowest BCUT2D eigenvalue weighted by Gasteiger charge is -2.46. The molecule has 2 aliphatic rings. The van der Waals surface area contributed by atoms with Gasteiger partial charge in [0.1, 0.15) is 24.4 Å². The number of fused-ring (bicyclic) bond motifs is 1. The molecular weight excluding hydrogens is 322 g/mol. The molecule has 1 aromatic rings. The number of halogens is 1. The number of nitrogens with one attached hydrogen (secondary N) is 1. The molecule has 1 unspecified atom stereocenters. The molecule has 0 amide bonds. The summed E-state index contributed by atoms with van der Waals surface area (Å²) in [6.07, 6.45) is -2.72. The van der Waals surface area contributed by atoms with Crippen molar-refractivity contribution in [1.29, 1.82) is 0 Å². The van der Waals surface area contributed by atoms with Crippen LogP contribution >= 0.6 is 11.6 Å². The van der Waals surface area contributed by atoms with Gasteiger partial charge in [0.05, 0.1) is 17.3 Å². The molecular formula is C16H22ClNO5. The summed E-state index contributed by atoms with van der Waals surface area (Å²) < 4.78 is 17.2. The molecule has 0 aromatic heterocycles. The lowest BCUT2D eigenvalue weighted by Crippen LogP contribution is -2.64. The Labute approximate surface area is 140 Å². The summed E-state index contributed by atoms with van der Waals surface area (Å²) in [6.45, 7) is 2.35. The fourth-order valence-electron chi connectivity index (χ4n) is 2.90. The molecule has 0 radical (unpaired) electrons. The maximum atomic E-state index is 10.4. The lowest BCUT2D eigenvalue weighted by atomic mass is 9.97. The molecule has 2 aliphatic heterocycles. The molecule has 3 rings (SSSR count). The van der Waals surface area contributed by atoms with Gasteiger partial charge in [-0.2, -0.15) is 0 Å². The number of anilines is 1. The molecule has 2 heterocycles. The standard InChI is InChI=1S/C16H22ClNO5/c1-2-5-12-21-8-11-15(23-12)13(19)14(20)16(22-11)18-10-7-4-3-6-9(10)17/h3-4,6-7,11-16,18-20H,2,5,8H2,1H3/t11-,12?,13-,14-,15-,16-/m1/s1. The third kappa shape index (κ3) is 3.63. The number of hydrogen-bond donors (Lipinski definition) is 3. The Hall–Kier alpha value is -0.890. The van der Waals surface area contributed by atoms with E-state index >= 15 is 0 Å². The number of aliphatic hydroxyl groups excluding tert-OH is 2. The SMILES string of the molecule is CCCC1OC[C@H]2O[C@@H](Nc3ccccc3Cl)[C@H](O)[C@@H](O)[C@@H]2O1. The minimum Gasteiger partial charge on any atom is -0.387 e. The summed E-state index contributed by atoms with van der Waals surface area (Å²) in [5.74, 6) is 0. The van der Waals surface area contributed by atoms with E-state index in [1.165, 1.54) is 0 Å². The first-order valence-electron chi connectivity index (χ1n) is 7.90. The zero-order chi connectivity index (χ0) is 16.4. The van der Waals surface area contributed by atoms with E-state index in [1.807, 2.05) is 19.1 Å². The fraction of sp³-hybridized carbons (Fsp3) is 0.625. The summed E-state index contributed by atoms with van der Waals surface area (Å²) >= 11 is 6.11. The van der Waals surface area contributed by atoms with Crippen molar-refractivity contribution < 1.29 is 24.4 Å². The fourth-order valence-corrected chi connectivity index (χ4v) is 3.09. The van der Waals surface area contributed by atoms with Gasteiger partial charge in [0, 0.05) is 0 Å². The Kier molecular flexibility index (Phi) is 5.41. The highest BCUT2D eigenvalue weighted by Crippen LogP contribution is 2.31. The second kappa shape index (κ2) is 7.34. The first-order valence-corrected chi connectivity index (χ1v) is 8.27. The maximum Gasteiger partial charge on any atom is 0.158 e. The van der Waals surface area contributed by atoms with E-state index in [0.717, 1.165) is 12.8 Å². The van der Waals surface area contributed by atoms with Crippen LogP contribution in [0.1, 0.15) is 19.8 Å². The molecule has 2 saturated heterocycles. The van der Waals surface area contributed by atoms with E-state index in [0.29, 0.717) is 17.3 Å². The second-order valence-electron chi connectivity index (χ2n) is 5.85. The monoisotopic (exact) mass is 343 g/mol. The summed E-state index contributed by atoms with van der Waals surface area (Å²) in [5, 5.41) is 24.3. The summed E-state index contributed by atoms with van der Waals surface area (Å²) in [4.78, 5) is 0. The second-order valence-corrected chi connectivity index (χ2v) is 6.26. The van der Waals surface area contributed by atoms with E-state index in [2.05, 4.69) is 5.32 Å². The van der Waals surface area contributed by atoms with Crippen LogP contribution in [0.2, 0.25) is 5.02 Å². The van der Waals surface area contributed by atoms with Gasteiger partial charge in [0.15, 0.2) is 12.5 Å². The molecule has 7 heteroatoms. The van der Waals surface area contributed by atoms with Crippen LogP contribution in [-0.4, -0.2) is 53.8 Å². The average Bonchev–Trinajstić information content (AvgIpc) is 2.55. The summed E-state index contributed by atoms with van der Waals surface area (Å²) in [6, 6.07) is 7.15. The Bertz CT molecular complexity index is 529. The average molecular weight is 344 g/mol. The van der Waals surface area contributed by atoms with Crippen molar-refractivity contribution in [2.75, 3.05) is 11.9 Å². The topological polar surface area (TPSA) is 80.2 Å². The zero-order valence-electron chi connectivity index (χ0n) is 12.9. The van der Waals surface area contributed by atoms with Crippen molar-refractivity contribution in [3.8, 4) is 0 Å². The number of rotatable bonds is 4. The van der Waals surface area contributed by atoms with Gasteiger partial charge in [0.2, 0.25) is 0 Å². The van der Waals surface area contributed by atoms with Gasteiger partial charge in [-0.15, -0.1) is 0 Å². The maximum absolute atomic E-state index is 10.4. The van der Waals surface area contributed by atoms with Crippen LogP contribution in [-0.2, 0) is 14.2 Å². The Morgan fingerprint density at radius 3 is 2.74 bits per heavy atom. The highest BCUT2D eigenvalue weighted by Gasteiger charge is 2.48. The molecule has 0 spiro atoms. The van der Waals surface area contributed by atoms with Crippen molar-refractivity contribution >= 4 is 17.3 Å². The van der Waals surface area contributed by atoms with E-state index < -0.39 is 30.6 Å². The third-order valence-electron chi connectivity index (χ3n) is 4.14. The van der Waals surface area contributed by atoms with E-state index in [1.54, 1.807) is 12.1 Å². The van der Waals surface area contributed by atoms with Gasteiger partial charge in [-0.25, -0.2) is 0 Å². The Balaban J connectivity index is 1.69. The summed E-state index contributed by atoms with van der Waals surface area (Å²) in [5.41, 5.74) is 0.630. The van der Waals surface area contributed by atoms with Crippen LogP contribution in [0.5, 0.6) is 0 Å². The van der Waals surface area contributed by atoms with Gasteiger partial charge < -0.3 is 29.7 Å². The molecule has 0 saturated carbocycles. The van der Waals surface area contributed by atoms with E-state index in [-0.39, 0.29) is 6.29 Å². The van der Waals surface area contributed by atoms with Crippen molar-refractivity contribution in [1.82, 2.24) is 0 Å². The first-order chi connectivity index (χ1) is 11.1. The molecule has 23 heavy (non-hydrogen) atoms. The largest absolute Gasteiger partial charge is 0.387 e. The normalized spacial score (nSPS) is 37.2. The number of benzene rings is 1. The van der Waals surface area contributed by atoms with Gasteiger partial charge in [-0.05, 0) is 18.6 Å². The van der Waals surface area contributed by atoms with Crippen LogP contribution in [0.25, 0.3) is 0 Å². The molecule has 3 N–H and O–H groups in total. The van der Waals surface area contributed by atoms with Crippen molar-refractivity contribution in [3.63, 3.8) is 0 Å². The van der Waals surface area contributed by atoms with Crippen molar-refractivity contribution in [2.24, 2.45) is 0 Å². The van der Waals surface area contributed by atoms with Crippen molar-refractivity contribution in [3.05, 3.63) is 29.3 Å². The Morgan fingerprint density at radius 2 is 2.00 bits per heavy atom. The smallest absolute Gasteiger partial charge is 0.158 e. The lowest BCUT2D eigenvalue weighted by molar-refractivity contribution is -0.322. The summed E-state index contributed by atoms with van der Waals surface area (Å²) in [7, 11) is 0. The number of aliphatic hydroxyl groups is 2. The van der Waals surface area contributed by atoms with E-state index in [9.17, 15) is 10.2 Å². The van der Waals surface area contributed by atoms with Crippen LogP contribution in [0.3, 0.4) is 0 Å². The number of hydrogen-bond acceptors (Lipinski definition) is 6. The molecule has 128 valence electrons. The molecule has 0 bridgehead atoms. The van der Waals surface area contributed by atoms with Gasteiger partial charge in [0.25, 0.3) is 0 Å². The minimum absolute atomic E-state index is 0.319. The van der Waals surface area contributed by atoms with Crippen LogP contribution in [0.15, 0.2) is 24.3 Å². The molecule has 1 aromatic carbocycles. The van der Waals surface area contributed by atoms with Gasteiger partial charge >= 0.3 is 0 Å². The van der Waals surface area contributed by atoms with Gasteiger partial charge in [-0.1, -0.05) is 37.1 Å². The molecule has 2 fully saturated rings. The van der Waals surface area contributed by atoms with Crippen molar-refractivity contribution in [2.45, 2.75) is 56.7 Å². The minimum atomic E-state index is -1.13. The predicted molar refractivity (Wildman–Crippen MR) is 85.3 cm³/mol. The first kappa shape index (κ1) is 17.0. The number of para-hydroxylation sites is 1.